The molecule has 0 saturated carbocycles. The average Bonchev–Trinajstić information content (AvgIpc) is 3.19. The smallest absolute Gasteiger partial charge is 0.407 e. The molecule has 1 unspecified atom stereocenters. The number of alkyl carbamates (subject to hydrolysis) is 1. The first-order valence-corrected chi connectivity index (χ1v) is 12.0. The van der Waals surface area contributed by atoms with Gasteiger partial charge in [0.1, 0.15) is 12.6 Å². The molecular weight excluding hydrogens is 446 g/mol. The molecule has 8 heteroatoms. The van der Waals surface area contributed by atoms with E-state index >= 15 is 0 Å². The minimum atomic E-state index is -1.03. The summed E-state index contributed by atoms with van der Waals surface area (Å²) in [7, 11) is 0. The largest absolute Gasteiger partial charge is 0.481 e. The van der Waals surface area contributed by atoms with E-state index in [1.807, 2.05) is 36.4 Å². The summed E-state index contributed by atoms with van der Waals surface area (Å²) in [6, 6.07) is 15.1. The first kappa shape index (κ1) is 24.5. The second-order valence-electron chi connectivity index (χ2n) is 8.81. The third-order valence-corrected chi connectivity index (χ3v) is 6.47. The van der Waals surface area contributed by atoms with Gasteiger partial charge in [0.05, 0.1) is 0 Å². The average molecular weight is 478 g/mol. The van der Waals surface area contributed by atoms with Gasteiger partial charge in [0.2, 0.25) is 5.91 Å². The molecule has 1 aliphatic heterocycles. The van der Waals surface area contributed by atoms with Gasteiger partial charge >= 0.3 is 12.1 Å². The van der Waals surface area contributed by atoms with Crippen LogP contribution >= 0.6 is 0 Å². The molecule has 2 amide bonds. The number of nitrogens with zero attached hydrogens (tertiary/aromatic N) is 1. The molecule has 0 fully saturated rings. The van der Waals surface area contributed by atoms with E-state index in [2.05, 4.69) is 39.8 Å². The first-order valence-electron chi connectivity index (χ1n) is 12.0. The van der Waals surface area contributed by atoms with E-state index in [0.29, 0.717) is 13.1 Å². The second-order valence-corrected chi connectivity index (χ2v) is 8.81. The van der Waals surface area contributed by atoms with Gasteiger partial charge in [-0.3, -0.25) is 14.5 Å². The van der Waals surface area contributed by atoms with Gasteiger partial charge in [-0.2, -0.15) is 0 Å². The molecule has 3 N–H and O–H groups in total. The molecule has 8 nitrogen and oxygen atoms in total. The Labute approximate surface area is 205 Å². The third kappa shape index (κ3) is 6.27. The Kier molecular flexibility index (Phi) is 8.15. The standard InChI is InChI=1S/C27H31N3O5/c31-25(32)13-12-24(26(33)28-14-17-30-15-6-1-7-16-30)29-27(34)35-18-23-21-10-4-2-8-19(21)20-9-3-5-11-22(20)23/h1-6,8-11,23-24H,7,12-18H2,(H,28,33)(H,29,34)(H,31,32). The van der Waals surface area contributed by atoms with Crippen LogP contribution in [0.25, 0.3) is 11.1 Å². The lowest BCUT2D eigenvalue weighted by molar-refractivity contribution is -0.137. The number of ether oxygens (including phenoxy) is 1. The normalized spacial score (nSPS) is 15.7. The number of carbonyl (C=O) groups excluding carboxylic acids is 2. The van der Waals surface area contributed by atoms with E-state index in [9.17, 15) is 14.4 Å². The molecule has 0 bridgehead atoms. The molecule has 35 heavy (non-hydrogen) atoms. The van der Waals surface area contributed by atoms with Gasteiger partial charge in [0.15, 0.2) is 0 Å². The van der Waals surface area contributed by atoms with Crippen molar-refractivity contribution in [3.05, 3.63) is 71.8 Å². The second kappa shape index (κ2) is 11.7. The summed E-state index contributed by atoms with van der Waals surface area (Å²) < 4.78 is 5.53. The lowest BCUT2D eigenvalue weighted by Crippen LogP contribution is -2.48. The molecule has 2 aliphatic rings. The van der Waals surface area contributed by atoms with Crippen molar-refractivity contribution in [3.63, 3.8) is 0 Å². The van der Waals surface area contributed by atoms with Crippen LogP contribution in [-0.2, 0) is 14.3 Å². The summed E-state index contributed by atoms with van der Waals surface area (Å²) in [6.45, 7) is 3.01. The third-order valence-electron chi connectivity index (χ3n) is 6.47. The SMILES string of the molecule is O=C(O)CCC(NC(=O)OCC1c2ccccc2-c2ccccc21)C(=O)NCCN1CC=CCC1. The number of amides is 2. The van der Waals surface area contributed by atoms with Crippen molar-refractivity contribution in [2.24, 2.45) is 0 Å². The van der Waals surface area contributed by atoms with Gasteiger partial charge in [0, 0.05) is 38.5 Å². The van der Waals surface area contributed by atoms with Gasteiger partial charge in [-0.15, -0.1) is 0 Å². The molecular formula is C27H31N3O5. The van der Waals surface area contributed by atoms with Crippen LogP contribution in [0.2, 0.25) is 0 Å². The Morgan fingerprint density at radius 2 is 1.71 bits per heavy atom. The lowest BCUT2D eigenvalue weighted by atomic mass is 9.98. The number of benzene rings is 2. The van der Waals surface area contributed by atoms with Crippen LogP contribution in [0, 0.1) is 0 Å². The predicted molar refractivity (Wildman–Crippen MR) is 132 cm³/mol. The Hall–Kier alpha value is -3.65. The Balaban J connectivity index is 1.33. The zero-order valence-corrected chi connectivity index (χ0v) is 19.6. The van der Waals surface area contributed by atoms with Crippen LogP contribution in [-0.4, -0.2) is 66.8 Å². The molecule has 1 aliphatic carbocycles. The van der Waals surface area contributed by atoms with E-state index in [1.165, 1.54) is 0 Å². The molecule has 2 aromatic rings. The Morgan fingerprint density at radius 1 is 1.03 bits per heavy atom. The number of hydrogen-bond donors (Lipinski definition) is 3. The lowest BCUT2D eigenvalue weighted by Gasteiger charge is -2.24. The Bertz CT molecular complexity index is 1050. The number of carbonyl (C=O) groups is 3. The fraction of sp³-hybridized carbons (Fsp3) is 0.370. The molecule has 2 aromatic carbocycles. The van der Waals surface area contributed by atoms with Crippen molar-refractivity contribution in [2.75, 3.05) is 32.8 Å². The maximum atomic E-state index is 12.7. The van der Waals surface area contributed by atoms with Crippen LogP contribution < -0.4 is 10.6 Å². The van der Waals surface area contributed by atoms with Gasteiger partial charge in [0.25, 0.3) is 0 Å². The van der Waals surface area contributed by atoms with Crippen molar-refractivity contribution in [2.45, 2.75) is 31.2 Å². The molecule has 184 valence electrons. The van der Waals surface area contributed by atoms with E-state index in [1.54, 1.807) is 0 Å². The van der Waals surface area contributed by atoms with Gasteiger partial charge in [-0.1, -0.05) is 60.7 Å². The first-order chi connectivity index (χ1) is 17.0. The highest BCUT2D eigenvalue weighted by atomic mass is 16.5. The molecule has 1 atom stereocenters. The molecule has 1 heterocycles. The van der Waals surface area contributed by atoms with Crippen molar-refractivity contribution in [3.8, 4) is 11.1 Å². The quantitative estimate of drug-likeness (QED) is 0.454. The summed E-state index contributed by atoms with van der Waals surface area (Å²) in [6.07, 6.45) is 4.22. The fourth-order valence-corrected chi connectivity index (χ4v) is 4.67. The summed E-state index contributed by atoms with van der Waals surface area (Å²) >= 11 is 0. The molecule has 4 rings (SSSR count). The van der Waals surface area contributed by atoms with Crippen molar-refractivity contribution < 1.29 is 24.2 Å². The number of aliphatic carboxylic acids is 1. The summed E-state index contributed by atoms with van der Waals surface area (Å²) in [5.41, 5.74) is 4.43. The van der Waals surface area contributed by atoms with E-state index in [0.717, 1.165) is 41.8 Å². The zero-order chi connectivity index (χ0) is 24.6. The van der Waals surface area contributed by atoms with Crippen molar-refractivity contribution in [1.82, 2.24) is 15.5 Å². The predicted octanol–water partition coefficient (Wildman–Crippen LogP) is 3.14. The van der Waals surface area contributed by atoms with Gasteiger partial charge in [-0.25, -0.2) is 4.79 Å². The zero-order valence-electron chi connectivity index (χ0n) is 19.6. The summed E-state index contributed by atoms with van der Waals surface area (Å²) in [5, 5.41) is 14.5. The van der Waals surface area contributed by atoms with Crippen LogP contribution in [0.5, 0.6) is 0 Å². The highest BCUT2D eigenvalue weighted by molar-refractivity contribution is 5.86. The minimum absolute atomic E-state index is 0.0161. The minimum Gasteiger partial charge on any atom is -0.481 e. The molecule has 0 radical (unpaired) electrons. The van der Waals surface area contributed by atoms with E-state index < -0.39 is 24.0 Å². The van der Waals surface area contributed by atoms with Crippen LogP contribution in [0.15, 0.2) is 60.7 Å². The van der Waals surface area contributed by atoms with E-state index in [-0.39, 0.29) is 25.4 Å². The number of rotatable bonds is 10. The molecule has 0 aromatic heterocycles. The van der Waals surface area contributed by atoms with Crippen LogP contribution in [0.1, 0.15) is 36.3 Å². The number of carboxylic acids is 1. The summed E-state index contributed by atoms with van der Waals surface area (Å²) in [4.78, 5) is 38.6. The van der Waals surface area contributed by atoms with Crippen LogP contribution in [0.3, 0.4) is 0 Å². The van der Waals surface area contributed by atoms with Crippen molar-refractivity contribution >= 4 is 18.0 Å². The van der Waals surface area contributed by atoms with Crippen molar-refractivity contribution in [1.29, 1.82) is 0 Å². The fourth-order valence-electron chi connectivity index (χ4n) is 4.67. The topological polar surface area (TPSA) is 108 Å². The molecule has 0 saturated heterocycles. The number of carboxylic acid groups (broad SMARTS) is 1. The van der Waals surface area contributed by atoms with E-state index in [4.69, 9.17) is 9.84 Å². The maximum absolute atomic E-state index is 12.7. The maximum Gasteiger partial charge on any atom is 0.407 e. The molecule has 0 spiro atoms. The Morgan fingerprint density at radius 3 is 2.34 bits per heavy atom. The highest BCUT2D eigenvalue weighted by Gasteiger charge is 2.30. The number of hydrogen-bond acceptors (Lipinski definition) is 5. The van der Waals surface area contributed by atoms with Gasteiger partial charge < -0.3 is 20.5 Å². The van der Waals surface area contributed by atoms with Gasteiger partial charge in [-0.05, 0) is 35.1 Å². The highest BCUT2D eigenvalue weighted by Crippen LogP contribution is 2.44. The summed E-state index contributed by atoms with van der Waals surface area (Å²) in [5.74, 6) is -1.54. The monoisotopic (exact) mass is 477 g/mol. The van der Waals surface area contributed by atoms with Crippen LogP contribution in [0.4, 0.5) is 4.79 Å². The number of fused-ring (bicyclic) bond motifs is 3. The number of nitrogens with one attached hydrogen (secondary N) is 2.